The molecule has 0 aliphatic carbocycles. The van der Waals surface area contributed by atoms with Crippen LogP contribution >= 0.6 is 11.6 Å². The number of halogens is 1. The number of nitrogens with one attached hydrogen (secondary N) is 1. The molecule has 3 rings (SSSR count). The smallest absolute Gasteiger partial charge is 0.214 e. The first-order valence-electron chi connectivity index (χ1n) is 7.26. The summed E-state index contributed by atoms with van der Waals surface area (Å²) < 4.78 is 11.5. The number of nitrogens with zero attached hydrogens (tertiary/aromatic N) is 3. The second-order valence-corrected chi connectivity index (χ2v) is 6.61. The maximum atomic E-state index is 9.88. The highest BCUT2D eigenvalue weighted by molar-refractivity contribution is 6.30. The van der Waals surface area contributed by atoms with Crippen molar-refractivity contribution in [3.8, 4) is 18.2 Å². The summed E-state index contributed by atoms with van der Waals surface area (Å²) in [6, 6.07) is 12.5. The molecule has 0 saturated carbocycles. The highest BCUT2D eigenvalue weighted by atomic mass is 35.5. The summed E-state index contributed by atoms with van der Waals surface area (Å²) in [4.78, 5) is 0. The van der Waals surface area contributed by atoms with E-state index in [1.807, 2.05) is 18.2 Å². The first-order valence-corrected chi connectivity index (χ1v) is 7.64. The highest BCUT2D eigenvalue weighted by Gasteiger charge is 2.78. The number of fused-ring (bicyclic) bond motifs is 2. The van der Waals surface area contributed by atoms with E-state index in [1.165, 1.54) is 0 Å². The number of rotatable bonds is 1. The zero-order valence-corrected chi connectivity index (χ0v) is 13.8. The Morgan fingerprint density at radius 3 is 2.21 bits per heavy atom. The van der Waals surface area contributed by atoms with Gasteiger partial charge in [-0.15, -0.1) is 0 Å². The van der Waals surface area contributed by atoms with Gasteiger partial charge in [0.15, 0.2) is 5.41 Å². The third kappa shape index (κ3) is 1.64. The molecule has 24 heavy (non-hydrogen) atoms. The molecule has 0 spiro atoms. The lowest BCUT2D eigenvalue weighted by atomic mass is 9.54. The van der Waals surface area contributed by atoms with Crippen LogP contribution in [0.25, 0.3) is 0 Å². The Balaban J connectivity index is 2.31. The van der Waals surface area contributed by atoms with Crippen molar-refractivity contribution in [2.45, 2.75) is 25.7 Å². The molecule has 0 aromatic heterocycles. The molecule has 1 aromatic carbocycles. The average molecular weight is 341 g/mol. The lowest BCUT2D eigenvalue weighted by molar-refractivity contribution is -0.268. The Morgan fingerprint density at radius 2 is 1.71 bits per heavy atom. The first kappa shape index (κ1) is 16.3. The molecule has 2 bridgehead atoms. The molecule has 7 heteroatoms. The van der Waals surface area contributed by atoms with Crippen molar-refractivity contribution in [3.63, 3.8) is 0 Å². The van der Waals surface area contributed by atoms with Crippen LogP contribution in [0.5, 0.6) is 0 Å². The summed E-state index contributed by atoms with van der Waals surface area (Å²) >= 11 is 5.91. The molecule has 2 fully saturated rings. The summed E-state index contributed by atoms with van der Waals surface area (Å²) in [6.45, 7) is 3.28. The minimum atomic E-state index is -1.91. The van der Waals surface area contributed by atoms with Crippen molar-refractivity contribution in [1.82, 2.24) is 0 Å². The molecule has 0 amide bonds. The predicted octanol–water partition coefficient (Wildman–Crippen LogP) is 3.31. The van der Waals surface area contributed by atoms with Gasteiger partial charge in [-0.25, -0.2) is 0 Å². The maximum Gasteiger partial charge on any atom is 0.214 e. The van der Waals surface area contributed by atoms with E-state index >= 15 is 0 Å². The fourth-order valence-electron chi connectivity index (χ4n) is 3.65. The second-order valence-electron chi connectivity index (χ2n) is 6.17. The Kier molecular flexibility index (Phi) is 3.36. The van der Waals surface area contributed by atoms with Crippen LogP contribution in [-0.2, 0) is 9.47 Å². The van der Waals surface area contributed by atoms with Crippen molar-refractivity contribution in [2.75, 3.05) is 0 Å². The third-order valence-electron chi connectivity index (χ3n) is 5.17. The Morgan fingerprint density at radius 1 is 1.12 bits per heavy atom. The van der Waals surface area contributed by atoms with Crippen molar-refractivity contribution >= 4 is 17.5 Å². The summed E-state index contributed by atoms with van der Waals surface area (Å²) in [5.74, 6) is -2.33. The van der Waals surface area contributed by atoms with Gasteiger partial charge in [-0.1, -0.05) is 30.7 Å². The van der Waals surface area contributed by atoms with E-state index in [1.54, 1.807) is 38.1 Å². The van der Waals surface area contributed by atoms with Gasteiger partial charge in [-0.2, -0.15) is 15.8 Å². The Bertz CT molecular complexity index is 833. The monoisotopic (exact) mass is 340 g/mol. The van der Waals surface area contributed by atoms with E-state index in [2.05, 4.69) is 0 Å². The normalized spacial score (nSPS) is 36.1. The van der Waals surface area contributed by atoms with Crippen LogP contribution in [0.2, 0.25) is 5.02 Å². The Hall–Kier alpha value is -2.59. The quantitative estimate of drug-likeness (QED) is 0.842. The first-order chi connectivity index (χ1) is 11.3. The minimum Gasteiger partial charge on any atom is -0.448 e. The molecule has 2 aliphatic rings. The third-order valence-corrected chi connectivity index (χ3v) is 5.42. The Labute approximate surface area is 144 Å². The maximum absolute atomic E-state index is 9.88. The number of hydrogen-bond acceptors (Lipinski definition) is 6. The largest absolute Gasteiger partial charge is 0.448 e. The SMILES string of the molecule is CC1C2(C)OC(=N)C1(C#N)C(C#N)(C#N)C(c1ccc(Cl)cc1)O2. The van der Waals surface area contributed by atoms with Crippen molar-refractivity contribution in [2.24, 2.45) is 16.7 Å². The standard InChI is InChI=1S/C17H13ClN4O2/c1-10-15(2)23-13(11-3-5-12(18)6-4-11)16(7-19,8-20)17(10,9-21)14(22)24-15/h3-6,10,13,22H,1-2H3. The molecular formula is C17H13ClN4O2. The van der Waals surface area contributed by atoms with Gasteiger partial charge in [-0.3, -0.25) is 5.41 Å². The number of benzene rings is 1. The van der Waals surface area contributed by atoms with Gasteiger partial charge in [0.1, 0.15) is 6.10 Å². The van der Waals surface area contributed by atoms with Gasteiger partial charge in [0, 0.05) is 11.9 Å². The molecule has 0 radical (unpaired) electrons. The van der Waals surface area contributed by atoms with E-state index in [0.717, 1.165) is 0 Å². The van der Waals surface area contributed by atoms with Gasteiger partial charge in [0.05, 0.1) is 24.1 Å². The van der Waals surface area contributed by atoms with E-state index < -0.39 is 34.5 Å². The topological polar surface area (TPSA) is 114 Å². The summed E-state index contributed by atoms with van der Waals surface area (Å²) in [5, 5.41) is 38.3. The minimum absolute atomic E-state index is 0.403. The lowest BCUT2D eigenvalue weighted by Crippen LogP contribution is -2.57. The van der Waals surface area contributed by atoms with E-state index in [-0.39, 0.29) is 0 Å². The molecule has 2 aliphatic heterocycles. The van der Waals surface area contributed by atoms with Crippen LogP contribution in [0.15, 0.2) is 24.3 Å². The molecule has 6 nitrogen and oxygen atoms in total. The molecule has 4 atom stereocenters. The summed E-state index contributed by atoms with van der Waals surface area (Å²) in [5.41, 5.74) is -3.10. The van der Waals surface area contributed by atoms with Crippen LogP contribution in [-0.4, -0.2) is 11.7 Å². The van der Waals surface area contributed by atoms with Crippen molar-refractivity contribution < 1.29 is 9.47 Å². The second kappa shape index (κ2) is 4.95. The van der Waals surface area contributed by atoms with Gasteiger partial charge in [-0.05, 0) is 17.7 Å². The molecule has 120 valence electrons. The number of ether oxygens (including phenoxy) is 2. The van der Waals surface area contributed by atoms with Gasteiger partial charge >= 0.3 is 0 Å². The van der Waals surface area contributed by atoms with Gasteiger partial charge < -0.3 is 9.47 Å². The summed E-state index contributed by atoms with van der Waals surface area (Å²) in [6.07, 6.45) is -1.05. The molecule has 1 aromatic rings. The fraction of sp³-hybridized carbons (Fsp3) is 0.412. The van der Waals surface area contributed by atoms with E-state index in [4.69, 9.17) is 26.5 Å². The van der Waals surface area contributed by atoms with Crippen LogP contribution in [0, 0.1) is 56.2 Å². The lowest BCUT2D eigenvalue weighted by Gasteiger charge is -2.47. The molecule has 1 N–H and O–H groups in total. The summed E-state index contributed by atoms with van der Waals surface area (Å²) in [7, 11) is 0. The van der Waals surface area contributed by atoms with Crippen LogP contribution in [0.3, 0.4) is 0 Å². The molecule has 2 saturated heterocycles. The molecule has 4 unspecified atom stereocenters. The zero-order chi connectivity index (χ0) is 17.8. The van der Waals surface area contributed by atoms with Crippen LogP contribution in [0.1, 0.15) is 25.5 Å². The number of hydrogen-bond donors (Lipinski definition) is 1. The van der Waals surface area contributed by atoms with E-state index in [0.29, 0.717) is 10.6 Å². The fourth-order valence-corrected chi connectivity index (χ4v) is 3.77. The number of nitriles is 3. The average Bonchev–Trinajstić information content (AvgIpc) is 2.71. The van der Waals surface area contributed by atoms with E-state index in [9.17, 15) is 15.8 Å². The predicted molar refractivity (Wildman–Crippen MR) is 83.4 cm³/mol. The van der Waals surface area contributed by atoms with Crippen molar-refractivity contribution in [1.29, 1.82) is 21.2 Å². The van der Waals surface area contributed by atoms with Crippen LogP contribution in [0.4, 0.5) is 0 Å². The molecular weight excluding hydrogens is 328 g/mol. The highest BCUT2D eigenvalue weighted by Crippen LogP contribution is 2.66. The molecule has 2 heterocycles. The van der Waals surface area contributed by atoms with Crippen molar-refractivity contribution in [3.05, 3.63) is 34.9 Å². The van der Waals surface area contributed by atoms with Gasteiger partial charge in [0.2, 0.25) is 17.1 Å². The zero-order valence-electron chi connectivity index (χ0n) is 13.0. The van der Waals surface area contributed by atoms with Crippen LogP contribution < -0.4 is 0 Å². The van der Waals surface area contributed by atoms with Gasteiger partial charge in [0.25, 0.3) is 0 Å².